The van der Waals surface area contributed by atoms with Crippen molar-refractivity contribution in [1.82, 2.24) is 14.5 Å². The summed E-state index contributed by atoms with van der Waals surface area (Å²) in [7, 11) is 0. The Bertz CT molecular complexity index is 2900. The van der Waals surface area contributed by atoms with Gasteiger partial charge in [-0.15, -0.1) is 0 Å². The van der Waals surface area contributed by atoms with Crippen molar-refractivity contribution >= 4 is 21.8 Å². The van der Waals surface area contributed by atoms with E-state index < -0.39 is 0 Å². The van der Waals surface area contributed by atoms with Gasteiger partial charge in [-0.3, -0.25) is 0 Å². The number of aromatic nitrogens is 3. The zero-order chi connectivity index (χ0) is 43.3. The first kappa shape index (κ1) is 40.5. The van der Waals surface area contributed by atoms with Gasteiger partial charge in [0.2, 0.25) is 0 Å². The van der Waals surface area contributed by atoms with Crippen molar-refractivity contribution in [2.75, 3.05) is 0 Å². The molecule has 0 N–H and O–H groups in total. The van der Waals surface area contributed by atoms with Crippen molar-refractivity contribution in [2.45, 2.75) is 20.8 Å². The van der Waals surface area contributed by atoms with Gasteiger partial charge in [0.25, 0.3) is 0 Å². The molecule has 3 aromatic heterocycles. The molecule has 0 amide bonds. The highest BCUT2D eigenvalue weighted by molar-refractivity contribution is 6.11. The fourth-order valence-electron chi connectivity index (χ4n) is 7.97. The molecule has 3 nitrogen and oxygen atoms in total. The van der Waals surface area contributed by atoms with Crippen molar-refractivity contribution in [1.29, 1.82) is 0 Å². The highest BCUT2D eigenvalue weighted by Gasteiger charge is 2.17. The molecule has 3 heterocycles. The molecule has 63 heavy (non-hydrogen) atoms. The molecule has 0 spiro atoms. The van der Waals surface area contributed by atoms with E-state index in [0.717, 1.165) is 89.6 Å². The number of hydrogen-bond acceptors (Lipinski definition) is 2. The largest absolute Gasteiger partial charge is 0.309 e. The Morgan fingerprint density at radius 2 is 0.714 bits per heavy atom. The topological polar surface area (TPSA) is 30.7 Å². The first-order valence-electron chi connectivity index (χ1n) is 21.5. The van der Waals surface area contributed by atoms with Gasteiger partial charge in [0.05, 0.1) is 33.8 Å². The van der Waals surface area contributed by atoms with E-state index in [1.54, 1.807) is 6.08 Å². The standard InChI is InChI=1S/C52H35N3.C8H14/c1-6-16-36(17-7-1)47-32-42(33-48(53-47)37-18-8-2-9-19-37)40-26-28-51-45(30-40)46-31-41(27-29-52(46)55(51)44-24-14-5-15-25-44)43-34-49(38-20-10-3-11-21-38)54-50(35-43)39-22-12-4-13-23-39;1-6-7(2)8(3,4)5/h1-35H;6H,1-2H2,3-5H3. The minimum Gasteiger partial charge on any atom is -0.309 e. The van der Waals surface area contributed by atoms with Gasteiger partial charge >= 0.3 is 0 Å². The lowest BCUT2D eigenvalue weighted by molar-refractivity contribution is 0.519. The Hall–Kier alpha value is -7.88. The monoisotopic (exact) mass is 811 g/mol. The molecule has 0 fully saturated rings. The SMILES string of the molecule is C=CC(=C)C(C)(C)C.c1ccc(-c2cc(-c3ccc4c(c3)c3cc(-c5cc(-c6ccccc6)nc(-c6ccccc6)c5)ccc3n4-c3ccccc3)cc(-c3ccccc3)n2)cc1. The zero-order valence-corrected chi connectivity index (χ0v) is 36.0. The van der Waals surface area contributed by atoms with Crippen LogP contribution in [-0.2, 0) is 0 Å². The molecule has 0 bridgehead atoms. The molecule has 0 radical (unpaired) electrons. The maximum Gasteiger partial charge on any atom is 0.0715 e. The Morgan fingerprint density at radius 3 is 1.00 bits per heavy atom. The van der Waals surface area contributed by atoms with Crippen molar-refractivity contribution in [2.24, 2.45) is 5.41 Å². The summed E-state index contributed by atoms with van der Waals surface area (Å²) < 4.78 is 2.38. The molecule has 0 atom stereocenters. The summed E-state index contributed by atoms with van der Waals surface area (Å²) in [5.74, 6) is 0. The predicted molar refractivity (Wildman–Crippen MR) is 268 cm³/mol. The van der Waals surface area contributed by atoms with Gasteiger partial charge in [-0.05, 0) is 88.3 Å². The van der Waals surface area contributed by atoms with Crippen LogP contribution in [0.3, 0.4) is 0 Å². The average Bonchev–Trinajstić information content (AvgIpc) is 3.67. The Labute approximate surface area is 371 Å². The normalized spacial score (nSPS) is 11.2. The van der Waals surface area contributed by atoms with E-state index in [2.05, 4.69) is 227 Å². The van der Waals surface area contributed by atoms with Crippen molar-refractivity contribution < 1.29 is 0 Å². The lowest BCUT2D eigenvalue weighted by atomic mass is 9.88. The number of benzene rings is 7. The second-order valence-electron chi connectivity index (χ2n) is 16.8. The van der Waals surface area contributed by atoms with Crippen LogP contribution in [0.1, 0.15) is 20.8 Å². The second-order valence-corrected chi connectivity index (χ2v) is 16.8. The summed E-state index contributed by atoms with van der Waals surface area (Å²) in [5.41, 5.74) is 17.5. The summed E-state index contributed by atoms with van der Waals surface area (Å²) >= 11 is 0. The summed E-state index contributed by atoms with van der Waals surface area (Å²) in [5, 5.41) is 2.39. The molecule has 0 aliphatic rings. The third-order valence-electron chi connectivity index (χ3n) is 11.6. The van der Waals surface area contributed by atoms with Crippen LogP contribution in [-0.4, -0.2) is 14.5 Å². The molecule has 10 aromatic rings. The van der Waals surface area contributed by atoms with Crippen LogP contribution in [0.2, 0.25) is 0 Å². The molecule has 7 aromatic carbocycles. The number of rotatable bonds is 8. The third-order valence-corrected chi connectivity index (χ3v) is 11.6. The van der Waals surface area contributed by atoms with Gasteiger partial charge in [-0.1, -0.05) is 197 Å². The third kappa shape index (κ3) is 8.68. The van der Waals surface area contributed by atoms with Crippen molar-refractivity contribution in [3.05, 3.63) is 237 Å². The van der Waals surface area contributed by atoms with Gasteiger partial charge in [-0.25, -0.2) is 9.97 Å². The Morgan fingerprint density at radius 1 is 0.397 bits per heavy atom. The first-order chi connectivity index (χ1) is 30.7. The number of pyridine rings is 2. The predicted octanol–water partition coefficient (Wildman–Crippen LogP) is 16.4. The molecule has 0 saturated heterocycles. The van der Waals surface area contributed by atoms with Crippen molar-refractivity contribution in [3.63, 3.8) is 0 Å². The summed E-state index contributed by atoms with van der Waals surface area (Å²) in [6, 6.07) is 75.1. The van der Waals surface area contributed by atoms with Crippen LogP contribution in [0, 0.1) is 5.41 Å². The molecule has 3 heteroatoms. The van der Waals surface area contributed by atoms with Crippen LogP contribution in [0.15, 0.2) is 237 Å². The smallest absolute Gasteiger partial charge is 0.0715 e. The Balaban J connectivity index is 0.000000577. The van der Waals surface area contributed by atoms with Gasteiger partial charge < -0.3 is 4.57 Å². The number of hydrogen-bond donors (Lipinski definition) is 0. The van der Waals surface area contributed by atoms with E-state index in [0.29, 0.717) is 0 Å². The fourth-order valence-corrected chi connectivity index (χ4v) is 7.97. The van der Waals surface area contributed by atoms with E-state index in [9.17, 15) is 0 Å². The minimum absolute atomic E-state index is 0.196. The van der Waals surface area contributed by atoms with E-state index >= 15 is 0 Å². The lowest BCUT2D eigenvalue weighted by Crippen LogP contribution is -2.05. The van der Waals surface area contributed by atoms with E-state index in [1.807, 2.05) is 24.3 Å². The van der Waals surface area contributed by atoms with E-state index in [1.165, 1.54) is 10.8 Å². The molecule has 0 aliphatic carbocycles. The van der Waals surface area contributed by atoms with Gasteiger partial charge in [0.15, 0.2) is 0 Å². The van der Waals surface area contributed by atoms with Crippen molar-refractivity contribution in [3.8, 4) is 73.0 Å². The molecular formula is C60H49N3. The highest BCUT2D eigenvalue weighted by Crippen LogP contribution is 2.39. The number of para-hydroxylation sites is 1. The maximum atomic E-state index is 5.15. The lowest BCUT2D eigenvalue weighted by Gasteiger charge is -2.17. The zero-order valence-electron chi connectivity index (χ0n) is 36.0. The molecule has 0 saturated carbocycles. The van der Waals surface area contributed by atoms with Crippen LogP contribution in [0.5, 0.6) is 0 Å². The number of nitrogens with zero attached hydrogens (tertiary/aromatic N) is 3. The summed E-state index contributed by atoms with van der Waals surface area (Å²) in [6.07, 6.45) is 1.81. The van der Waals surface area contributed by atoms with Gasteiger partial charge in [0.1, 0.15) is 0 Å². The number of fused-ring (bicyclic) bond motifs is 3. The highest BCUT2D eigenvalue weighted by atomic mass is 15.0. The van der Waals surface area contributed by atoms with Crippen LogP contribution >= 0.6 is 0 Å². The van der Waals surface area contributed by atoms with E-state index in [4.69, 9.17) is 9.97 Å². The summed E-state index contributed by atoms with van der Waals surface area (Å²) in [6.45, 7) is 13.8. The van der Waals surface area contributed by atoms with Crippen LogP contribution < -0.4 is 0 Å². The average molecular weight is 812 g/mol. The molecule has 0 unspecified atom stereocenters. The maximum absolute atomic E-state index is 5.15. The quantitative estimate of drug-likeness (QED) is 0.143. The van der Waals surface area contributed by atoms with E-state index in [-0.39, 0.29) is 5.41 Å². The first-order valence-corrected chi connectivity index (χ1v) is 21.5. The number of allylic oxidation sites excluding steroid dienone is 2. The summed E-state index contributed by atoms with van der Waals surface area (Å²) in [4.78, 5) is 10.3. The second kappa shape index (κ2) is 17.6. The molecule has 0 aliphatic heterocycles. The van der Waals surface area contributed by atoms with Gasteiger partial charge in [-0.2, -0.15) is 0 Å². The Kier molecular flexibility index (Phi) is 11.3. The molecular weight excluding hydrogens is 763 g/mol. The fraction of sp³-hybridized carbons (Fsp3) is 0.0667. The van der Waals surface area contributed by atoms with Crippen LogP contribution in [0.25, 0.3) is 94.8 Å². The molecule has 10 rings (SSSR count). The molecule has 304 valence electrons. The van der Waals surface area contributed by atoms with Gasteiger partial charge in [0, 0.05) is 38.7 Å². The van der Waals surface area contributed by atoms with Crippen LogP contribution in [0.4, 0.5) is 0 Å². The minimum atomic E-state index is 0.196.